The van der Waals surface area contributed by atoms with Crippen LogP contribution in [0.5, 0.6) is 0 Å². The minimum atomic E-state index is -0.990. The van der Waals surface area contributed by atoms with Gasteiger partial charge in [-0.05, 0) is 36.6 Å². The number of nitrogen functional groups attached to an aromatic ring is 1. The largest absolute Gasteiger partial charge is 0.478 e. The van der Waals surface area contributed by atoms with Crippen molar-refractivity contribution in [3.8, 4) is 11.1 Å². The summed E-state index contributed by atoms with van der Waals surface area (Å²) in [4.78, 5) is 12.4. The second-order valence-corrected chi connectivity index (χ2v) is 5.81. The summed E-state index contributed by atoms with van der Waals surface area (Å²) in [7, 11) is 0. The Hall–Kier alpha value is -1.52. The molecular weight excluding hydrogens is 282 g/mol. The van der Waals surface area contributed by atoms with Gasteiger partial charge in [-0.25, -0.2) is 4.79 Å². The van der Waals surface area contributed by atoms with Crippen LogP contribution in [0.15, 0.2) is 18.2 Å². The number of benzene rings is 1. The van der Waals surface area contributed by atoms with E-state index in [2.05, 4.69) is 0 Å². The van der Waals surface area contributed by atoms with Gasteiger partial charge in [-0.2, -0.15) is 0 Å². The van der Waals surface area contributed by atoms with Gasteiger partial charge in [0.05, 0.1) is 0 Å². The number of carboxylic acids is 1. The van der Waals surface area contributed by atoms with Crippen molar-refractivity contribution in [2.24, 2.45) is 0 Å². The summed E-state index contributed by atoms with van der Waals surface area (Å²) in [6, 6.07) is 5.52. The van der Waals surface area contributed by atoms with E-state index in [1.807, 2.05) is 26.0 Å². The number of aryl methyl sites for hydroxylation is 2. The van der Waals surface area contributed by atoms with Crippen LogP contribution in [0.3, 0.4) is 0 Å². The molecule has 0 aliphatic heterocycles. The van der Waals surface area contributed by atoms with E-state index in [9.17, 15) is 9.90 Å². The number of anilines is 1. The molecule has 3 nitrogen and oxygen atoms in total. The number of nitrogens with two attached hydrogens (primary N) is 1. The summed E-state index contributed by atoms with van der Waals surface area (Å²) in [6.45, 7) is 3.89. The summed E-state index contributed by atoms with van der Waals surface area (Å²) < 4.78 is 0. The number of carbonyl (C=O) groups is 1. The molecule has 0 radical (unpaired) electrons. The van der Waals surface area contributed by atoms with Crippen molar-refractivity contribution < 1.29 is 9.90 Å². The van der Waals surface area contributed by atoms with Gasteiger partial charge < -0.3 is 10.8 Å². The van der Waals surface area contributed by atoms with E-state index < -0.39 is 5.97 Å². The first-order valence-corrected chi connectivity index (χ1v) is 7.06. The quantitative estimate of drug-likeness (QED) is 0.891. The van der Waals surface area contributed by atoms with Gasteiger partial charge in [-0.15, -0.1) is 11.3 Å². The van der Waals surface area contributed by atoms with Crippen LogP contribution < -0.4 is 5.73 Å². The van der Waals surface area contributed by atoms with Crippen molar-refractivity contribution in [1.82, 2.24) is 0 Å². The summed E-state index contributed by atoms with van der Waals surface area (Å²) in [5.74, 6) is -0.990. The van der Waals surface area contributed by atoms with Gasteiger partial charge in [0, 0.05) is 15.5 Å². The molecule has 1 heterocycles. The molecule has 1 aromatic heterocycles. The number of hydrogen-bond acceptors (Lipinski definition) is 3. The van der Waals surface area contributed by atoms with Crippen molar-refractivity contribution in [3.05, 3.63) is 39.2 Å². The third-order valence-electron chi connectivity index (χ3n) is 2.99. The molecule has 1 aromatic carbocycles. The second-order valence-electron chi connectivity index (χ2n) is 4.26. The molecule has 0 saturated carbocycles. The van der Waals surface area contributed by atoms with Crippen LogP contribution in [0.1, 0.15) is 27.7 Å². The Labute approximate surface area is 120 Å². The average Bonchev–Trinajstić information content (AvgIpc) is 2.69. The topological polar surface area (TPSA) is 63.3 Å². The molecule has 100 valence electrons. The van der Waals surface area contributed by atoms with Gasteiger partial charge in [0.15, 0.2) is 0 Å². The maximum absolute atomic E-state index is 11.4. The number of hydrogen-bond donors (Lipinski definition) is 2. The Morgan fingerprint density at radius 1 is 1.47 bits per heavy atom. The molecule has 19 heavy (non-hydrogen) atoms. The molecule has 0 atom stereocenters. The fourth-order valence-corrected chi connectivity index (χ4v) is 3.20. The number of carboxylic acid groups (broad SMARTS) is 1. The standard InChI is InChI=1S/C14H14ClNO2S/c1-3-10-11(12(14(17)18)13(16)19-10)8-4-5-9(15)7(2)6-8/h4-6H,3,16H2,1-2H3,(H,17,18). The van der Waals surface area contributed by atoms with Gasteiger partial charge >= 0.3 is 5.97 Å². The molecule has 0 bridgehead atoms. The minimum Gasteiger partial charge on any atom is -0.478 e. The summed E-state index contributed by atoms with van der Waals surface area (Å²) in [5, 5.41) is 10.4. The first-order chi connectivity index (χ1) is 8.95. The van der Waals surface area contributed by atoms with Gasteiger partial charge in [0.1, 0.15) is 10.6 Å². The van der Waals surface area contributed by atoms with Crippen molar-refractivity contribution in [2.75, 3.05) is 5.73 Å². The highest BCUT2D eigenvalue weighted by Crippen LogP contribution is 2.39. The van der Waals surface area contributed by atoms with Gasteiger partial charge in [-0.1, -0.05) is 24.6 Å². The Kier molecular flexibility index (Phi) is 3.83. The smallest absolute Gasteiger partial charge is 0.339 e. The van der Waals surface area contributed by atoms with E-state index in [-0.39, 0.29) is 5.56 Å². The Bertz CT molecular complexity index is 649. The van der Waals surface area contributed by atoms with E-state index in [0.29, 0.717) is 10.0 Å². The molecule has 0 saturated heterocycles. The molecule has 0 fully saturated rings. The van der Waals surface area contributed by atoms with E-state index in [4.69, 9.17) is 17.3 Å². The van der Waals surface area contributed by atoms with Crippen LogP contribution in [0.4, 0.5) is 5.00 Å². The Morgan fingerprint density at radius 3 is 2.68 bits per heavy atom. The maximum atomic E-state index is 11.4. The van der Waals surface area contributed by atoms with Crippen molar-refractivity contribution in [3.63, 3.8) is 0 Å². The number of aromatic carboxylic acids is 1. The molecule has 0 spiro atoms. The zero-order chi connectivity index (χ0) is 14.2. The molecule has 0 unspecified atom stereocenters. The van der Waals surface area contributed by atoms with Crippen molar-refractivity contribution in [2.45, 2.75) is 20.3 Å². The van der Waals surface area contributed by atoms with Crippen molar-refractivity contribution in [1.29, 1.82) is 0 Å². The van der Waals surface area contributed by atoms with E-state index >= 15 is 0 Å². The van der Waals surface area contributed by atoms with Crippen molar-refractivity contribution >= 4 is 33.9 Å². The van der Waals surface area contributed by atoms with Gasteiger partial charge in [0.2, 0.25) is 0 Å². The predicted octanol–water partition coefficient (Wildman–Crippen LogP) is 4.22. The third kappa shape index (κ3) is 2.46. The number of halogens is 1. The summed E-state index contributed by atoms with van der Waals surface area (Å²) in [5.41, 5.74) is 8.52. The minimum absolute atomic E-state index is 0.198. The lowest BCUT2D eigenvalue weighted by atomic mass is 9.99. The highest BCUT2D eigenvalue weighted by molar-refractivity contribution is 7.17. The number of thiophene rings is 1. The van der Waals surface area contributed by atoms with E-state index in [0.717, 1.165) is 28.0 Å². The fraction of sp³-hybridized carbons (Fsp3) is 0.214. The maximum Gasteiger partial charge on any atom is 0.339 e. The average molecular weight is 296 g/mol. The molecule has 0 aliphatic carbocycles. The second kappa shape index (κ2) is 5.23. The van der Waals surface area contributed by atoms with Crippen LogP contribution in [-0.4, -0.2) is 11.1 Å². The third-order valence-corrected chi connectivity index (χ3v) is 4.58. The summed E-state index contributed by atoms with van der Waals surface area (Å²) >= 11 is 7.35. The first kappa shape index (κ1) is 13.9. The van der Waals surface area contributed by atoms with E-state index in [1.54, 1.807) is 6.07 Å². The number of rotatable bonds is 3. The first-order valence-electron chi connectivity index (χ1n) is 5.86. The van der Waals surface area contributed by atoms with Crippen LogP contribution in [0, 0.1) is 6.92 Å². The molecule has 2 aromatic rings. The normalized spacial score (nSPS) is 10.7. The van der Waals surface area contributed by atoms with Gasteiger partial charge in [0.25, 0.3) is 0 Å². The van der Waals surface area contributed by atoms with Crippen LogP contribution in [0.25, 0.3) is 11.1 Å². The highest BCUT2D eigenvalue weighted by atomic mass is 35.5. The molecule has 0 aliphatic rings. The Balaban J connectivity index is 2.72. The highest BCUT2D eigenvalue weighted by Gasteiger charge is 2.22. The lowest BCUT2D eigenvalue weighted by molar-refractivity contribution is 0.0699. The molecule has 0 amide bonds. The zero-order valence-electron chi connectivity index (χ0n) is 10.7. The molecule has 3 N–H and O–H groups in total. The molecule has 5 heteroatoms. The molecular formula is C14H14ClNO2S. The van der Waals surface area contributed by atoms with Crippen LogP contribution in [0.2, 0.25) is 5.02 Å². The fourth-order valence-electron chi connectivity index (χ4n) is 2.06. The Morgan fingerprint density at radius 2 is 2.16 bits per heavy atom. The van der Waals surface area contributed by atoms with Crippen LogP contribution >= 0.6 is 22.9 Å². The monoisotopic (exact) mass is 295 g/mol. The zero-order valence-corrected chi connectivity index (χ0v) is 12.2. The van der Waals surface area contributed by atoms with E-state index in [1.165, 1.54) is 11.3 Å². The molecule has 2 rings (SSSR count). The van der Waals surface area contributed by atoms with Gasteiger partial charge in [-0.3, -0.25) is 0 Å². The predicted molar refractivity (Wildman–Crippen MR) is 80.3 cm³/mol. The lowest BCUT2D eigenvalue weighted by Crippen LogP contribution is -2.01. The van der Waals surface area contributed by atoms with Crippen LogP contribution in [-0.2, 0) is 6.42 Å². The SMILES string of the molecule is CCc1sc(N)c(C(=O)O)c1-c1ccc(Cl)c(C)c1. The summed E-state index contributed by atoms with van der Waals surface area (Å²) in [6.07, 6.45) is 0.749. The lowest BCUT2D eigenvalue weighted by Gasteiger charge is -2.07.